The van der Waals surface area contributed by atoms with Gasteiger partial charge in [-0.15, -0.1) is 0 Å². The van der Waals surface area contributed by atoms with E-state index in [0.29, 0.717) is 12.5 Å². The molecule has 1 atom stereocenters. The molecule has 1 aromatic heterocycles. The number of aromatic nitrogens is 1. The van der Waals surface area contributed by atoms with Crippen molar-refractivity contribution < 1.29 is 14.3 Å². The standard InChI is InChI=1S/C22H25FN2O2/c1-14-7-17(23)9-18(8-14)25-12-16-11-24-21(22(26)27)10-19(16)20(13-25)15-5-3-2-4-6-15/h7-11,15,20H,2-6,12-13H2,1H3,(H,26,27). The number of nitrogens with zero attached hydrogens (tertiary/aromatic N) is 2. The van der Waals surface area contributed by atoms with Gasteiger partial charge in [-0.2, -0.15) is 0 Å². The van der Waals surface area contributed by atoms with Crippen molar-refractivity contribution in [3.63, 3.8) is 0 Å². The van der Waals surface area contributed by atoms with Gasteiger partial charge in [0.2, 0.25) is 0 Å². The van der Waals surface area contributed by atoms with Gasteiger partial charge in [-0.05, 0) is 66.6 Å². The number of anilines is 1. The molecule has 142 valence electrons. The summed E-state index contributed by atoms with van der Waals surface area (Å²) in [5.41, 5.74) is 4.10. The van der Waals surface area contributed by atoms with Crippen molar-refractivity contribution in [2.45, 2.75) is 51.5 Å². The van der Waals surface area contributed by atoms with Gasteiger partial charge in [0.05, 0.1) is 0 Å². The summed E-state index contributed by atoms with van der Waals surface area (Å²) in [6, 6.07) is 6.92. The smallest absolute Gasteiger partial charge is 0.354 e. The molecule has 27 heavy (non-hydrogen) atoms. The molecular weight excluding hydrogens is 343 g/mol. The molecule has 1 unspecified atom stereocenters. The van der Waals surface area contributed by atoms with Crippen LogP contribution in [0.15, 0.2) is 30.5 Å². The molecule has 0 saturated heterocycles. The molecule has 5 heteroatoms. The van der Waals surface area contributed by atoms with Crippen LogP contribution in [0.3, 0.4) is 0 Å². The molecule has 0 spiro atoms. The number of hydrogen-bond acceptors (Lipinski definition) is 3. The molecule has 2 heterocycles. The van der Waals surface area contributed by atoms with Crippen LogP contribution in [-0.2, 0) is 6.54 Å². The fraction of sp³-hybridized carbons (Fsp3) is 0.455. The second-order valence-electron chi connectivity index (χ2n) is 7.95. The third kappa shape index (κ3) is 3.68. The van der Waals surface area contributed by atoms with Crippen LogP contribution in [0.5, 0.6) is 0 Å². The summed E-state index contributed by atoms with van der Waals surface area (Å²) < 4.78 is 14.0. The van der Waals surface area contributed by atoms with E-state index in [0.717, 1.165) is 28.9 Å². The zero-order valence-electron chi connectivity index (χ0n) is 15.6. The second kappa shape index (κ2) is 7.29. The number of carboxylic acids is 1. The Hall–Kier alpha value is -2.43. The third-order valence-corrected chi connectivity index (χ3v) is 6.03. The van der Waals surface area contributed by atoms with Gasteiger partial charge in [-0.1, -0.05) is 19.3 Å². The van der Waals surface area contributed by atoms with Gasteiger partial charge in [0.25, 0.3) is 0 Å². The van der Waals surface area contributed by atoms with E-state index in [4.69, 9.17) is 0 Å². The molecule has 2 aromatic rings. The number of benzene rings is 1. The molecule has 2 aliphatic rings. The molecule has 1 fully saturated rings. The Bertz CT molecular complexity index is 841. The van der Waals surface area contributed by atoms with Gasteiger partial charge in [-0.3, -0.25) is 0 Å². The van der Waals surface area contributed by atoms with Gasteiger partial charge >= 0.3 is 5.97 Å². The summed E-state index contributed by atoms with van der Waals surface area (Å²) in [5.74, 6) is -0.398. The lowest BCUT2D eigenvalue weighted by molar-refractivity contribution is 0.0690. The Morgan fingerprint density at radius 1 is 1.19 bits per heavy atom. The topological polar surface area (TPSA) is 53.4 Å². The summed E-state index contributed by atoms with van der Waals surface area (Å²) in [5, 5.41) is 9.36. The number of pyridine rings is 1. The van der Waals surface area contributed by atoms with Gasteiger partial charge in [0.15, 0.2) is 0 Å². The lowest BCUT2D eigenvalue weighted by Gasteiger charge is -2.41. The molecular formula is C22H25FN2O2. The van der Waals surface area contributed by atoms with Gasteiger partial charge < -0.3 is 10.0 Å². The highest BCUT2D eigenvalue weighted by Crippen LogP contribution is 2.42. The molecule has 1 aromatic carbocycles. The lowest BCUT2D eigenvalue weighted by atomic mass is 9.74. The average Bonchev–Trinajstić information content (AvgIpc) is 2.66. The van der Waals surface area contributed by atoms with Crippen LogP contribution in [0.25, 0.3) is 0 Å². The predicted octanol–water partition coefficient (Wildman–Crippen LogP) is 4.91. The van der Waals surface area contributed by atoms with Gasteiger partial charge in [-0.25, -0.2) is 14.2 Å². The summed E-state index contributed by atoms with van der Waals surface area (Å²) in [4.78, 5) is 17.8. The maximum absolute atomic E-state index is 14.0. The molecule has 4 nitrogen and oxygen atoms in total. The number of halogens is 1. The first-order valence-corrected chi connectivity index (χ1v) is 9.75. The number of aryl methyl sites for hydroxylation is 1. The van der Waals surface area contributed by atoms with Crippen molar-refractivity contribution in [1.82, 2.24) is 4.98 Å². The third-order valence-electron chi connectivity index (χ3n) is 6.03. The van der Waals surface area contributed by atoms with Crippen LogP contribution in [0.1, 0.15) is 65.2 Å². The van der Waals surface area contributed by atoms with Gasteiger partial charge in [0, 0.05) is 30.9 Å². The quantitative estimate of drug-likeness (QED) is 0.836. The SMILES string of the molecule is Cc1cc(F)cc(N2Cc3cnc(C(=O)O)cc3C(C3CCCCC3)C2)c1. The Labute approximate surface area is 159 Å². The van der Waals surface area contributed by atoms with E-state index in [-0.39, 0.29) is 17.4 Å². The first-order valence-electron chi connectivity index (χ1n) is 9.75. The fourth-order valence-corrected chi connectivity index (χ4v) is 4.74. The van der Waals surface area contributed by atoms with E-state index in [1.807, 2.05) is 13.0 Å². The zero-order chi connectivity index (χ0) is 19.0. The summed E-state index contributed by atoms with van der Waals surface area (Å²) in [6.45, 7) is 3.34. The predicted molar refractivity (Wildman–Crippen MR) is 103 cm³/mol. The maximum Gasteiger partial charge on any atom is 0.354 e. The first kappa shape index (κ1) is 18.0. The molecule has 1 aliphatic carbocycles. The van der Waals surface area contributed by atoms with Crippen molar-refractivity contribution in [3.8, 4) is 0 Å². The molecule has 1 aliphatic heterocycles. The number of carboxylic acid groups (broad SMARTS) is 1. The van der Waals surface area contributed by atoms with Crippen molar-refractivity contribution in [2.75, 3.05) is 11.4 Å². The number of hydrogen-bond donors (Lipinski definition) is 1. The Morgan fingerprint density at radius 2 is 1.96 bits per heavy atom. The van der Waals surface area contributed by atoms with Crippen molar-refractivity contribution >= 4 is 11.7 Å². The minimum absolute atomic E-state index is 0.115. The summed E-state index contributed by atoms with van der Waals surface area (Å²) >= 11 is 0. The zero-order valence-corrected chi connectivity index (χ0v) is 15.6. The normalized spacial score (nSPS) is 20.4. The average molecular weight is 368 g/mol. The van der Waals surface area contributed by atoms with Gasteiger partial charge in [0.1, 0.15) is 11.5 Å². The molecule has 0 radical (unpaired) electrons. The summed E-state index contributed by atoms with van der Waals surface area (Å²) in [7, 11) is 0. The van der Waals surface area contributed by atoms with Crippen molar-refractivity contribution in [1.29, 1.82) is 0 Å². The van der Waals surface area contributed by atoms with E-state index in [9.17, 15) is 14.3 Å². The molecule has 4 rings (SSSR count). The maximum atomic E-state index is 14.0. The Morgan fingerprint density at radius 3 is 2.67 bits per heavy atom. The molecule has 0 bridgehead atoms. The molecule has 0 amide bonds. The van der Waals surface area contributed by atoms with Crippen LogP contribution < -0.4 is 4.90 Å². The number of rotatable bonds is 3. The van der Waals surface area contributed by atoms with Crippen molar-refractivity contribution in [3.05, 3.63) is 58.7 Å². The lowest BCUT2D eigenvalue weighted by Crippen LogP contribution is -2.37. The van der Waals surface area contributed by atoms with E-state index >= 15 is 0 Å². The van der Waals surface area contributed by atoms with E-state index in [1.165, 1.54) is 32.1 Å². The van der Waals surface area contributed by atoms with Crippen molar-refractivity contribution in [2.24, 2.45) is 5.92 Å². The number of fused-ring (bicyclic) bond motifs is 1. The number of carbonyl (C=O) groups is 1. The van der Waals surface area contributed by atoms with Crippen LogP contribution in [-0.4, -0.2) is 22.6 Å². The van der Waals surface area contributed by atoms with E-state index in [2.05, 4.69) is 9.88 Å². The van der Waals surface area contributed by atoms with Crippen LogP contribution in [0.4, 0.5) is 10.1 Å². The fourth-order valence-electron chi connectivity index (χ4n) is 4.74. The number of aromatic carboxylic acids is 1. The molecule has 1 N–H and O–H groups in total. The largest absolute Gasteiger partial charge is 0.477 e. The van der Waals surface area contributed by atoms with E-state index < -0.39 is 5.97 Å². The van der Waals surface area contributed by atoms with Crippen LogP contribution >= 0.6 is 0 Å². The molecule has 1 saturated carbocycles. The van der Waals surface area contributed by atoms with Crippen LogP contribution in [0.2, 0.25) is 0 Å². The minimum atomic E-state index is -0.983. The highest BCUT2D eigenvalue weighted by Gasteiger charge is 2.33. The highest BCUT2D eigenvalue weighted by atomic mass is 19.1. The first-order chi connectivity index (χ1) is 13.0. The highest BCUT2D eigenvalue weighted by molar-refractivity contribution is 5.85. The Kier molecular flexibility index (Phi) is 4.85. The second-order valence-corrected chi connectivity index (χ2v) is 7.95. The minimum Gasteiger partial charge on any atom is -0.477 e. The van der Waals surface area contributed by atoms with Crippen LogP contribution in [0, 0.1) is 18.7 Å². The Balaban J connectivity index is 1.73. The monoisotopic (exact) mass is 368 g/mol. The van der Waals surface area contributed by atoms with E-state index in [1.54, 1.807) is 24.4 Å². The summed E-state index contributed by atoms with van der Waals surface area (Å²) in [6.07, 6.45) is 7.78.